The zero-order valence-corrected chi connectivity index (χ0v) is 25.5. The third-order valence-electron chi connectivity index (χ3n) is 8.82. The molecule has 0 aliphatic rings. The van der Waals surface area contributed by atoms with Crippen LogP contribution < -0.4 is 0 Å². The Morgan fingerprint density at radius 2 is 0.851 bits per heavy atom. The van der Waals surface area contributed by atoms with Crippen molar-refractivity contribution in [1.82, 2.24) is 19.5 Å². The van der Waals surface area contributed by atoms with Crippen molar-refractivity contribution in [2.75, 3.05) is 0 Å². The summed E-state index contributed by atoms with van der Waals surface area (Å²) in [5.41, 5.74) is 12.1. The highest BCUT2D eigenvalue weighted by Gasteiger charge is 2.17. The van der Waals surface area contributed by atoms with E-state index in [1.54, 1.807) is 0 Å². The van der Waals surface area contributed by atoms with Crippen LogP contribution in [0.3, 0.4) is 0 Å². The van der Waals surface area contributed by atoms with Gasteiger partial charge in [0, 0.05) is 22.1 Å². The van der Waals surface area contributed by atoms with Crippen LogP contribution in [-0.2, 0) is 0 Å². The molecule has 0 N–H and O–H groups in total. The highest BCUT2D eigenvalue weighted by molar-refractivity contribution is 5.94. The Bertz CT molecular complexity index is 2540. The molecule has 9 rings (SSSR count). The van der Waals surface area contributed by atoms with Crippen LogP contribution in [0.25, 0.3) is 83.6 Å². The number of benzene rings is 7. The van der Waals surface area contributed by atoms with Gasteiger partial charge in [-0.05, 0) is 46.8 Å². The fraction of sp³-hybridized carbons (Fsp3) is 0. The molecule has 0 aliphatic carbocycles. The molecule has 4 heteroatoms. The van der Waals surface area contributed by atoms with Crippen molar-refractivity contribution in [3.8, 4) is 50.7 Å². The summed E-state index contributed by atoms with van der Waals surface area (Å²) >= 11 is 0. The molecule has 2 heterocycles. The topological polar surface area (TPSA) is 43.6 Å². The van der Waals surface area contributed by atoms with Crippen molar-refractivity contribution in [2.45, 2.75) is 0 Å². The summed E-state index contributed by atoms with van der Waals surface area (Å²) in [6, 6.07) is 59.0. The van der Waals surface area contributed by atoms with Crippen LogP contribution in [0.15, 0.2) is 170 Å². The summed E-state index contributed by atoms with van der Waals surface area (Å²) in [4.78, 5) is 15.2. The van der Waals surface area contributed by atoms with Crippen LogP contribution in [0.1, 0.15) is 0 Å². The number of hydrogen-bond donors (Lipinski definition) is 0. The average Bonchev–Trinajstić information content (AvgIpc) is 3.54. The minimum Gasteiger partial charge on any atom is -0.292 e. The highest BCUT2D eigenvalue weighted by atomic mass is 15.1. The monoisotopic (exact) mass is 600 g/mol. The van der Waals surface area contributed by atoms with Gasteiger partial charge in [-0.25, -0.2) is 15.0 Å². The molecule has 0 bridgehead atoms. The molecule has 47 heavy (non-hydrogen) atoms. The summed E-state index contributed by atoms with van der Waals surface area (Å²) in [5.74, 6) is 0.924. The van der Waals surface area contributed by atoms with E-state index in [1.165, 1.54) is 10.8 Å². The molecule has 220 valence electrons. The Balaban J connectivity index is 1.10. The van der Waals surface area contributed by atoms with Gasteiger partial charge < -0.3 is 0 Å². The summed E-state index contributed by atoms with van der Waals surface area (Å²) < 4.78 is 2.29. The van der Waals surface area contributed by atoms with Crippen molar-refractivity contribution in [1.29, 1.82) is 0 Å². The Kier molecular flexibility index (Phi) is 6.43. The number of fused-ring (bicyclic) bond motifs is 3. The zero-order valence-electron chi connectivity index (χ0n) is 25.5. The van der Waals surface area contributed by atoms with Gasteiger partial charge in [0.2, 0.25) is 0 Å². The van der Waals surface area contributed by atoms with Crippen LogP contribution >= 0.6 is 0 Å². The second-order valence-corrected chi connectivity index (χ2v) is 11.7. The van der Waals surface area contributed by atoms with Crippen molar-refractivity contribution in [3.63, 3.8) is 0 Å². The van der Waals surface area contributed by atoms with E-state index < -0.39 is 0 Å². The molecule has 0 amide bonds. The van der Waals surface area contributed by atoms with E-state index in [4.69, 9.17) is 15.0 Å². The summed E-state index contributed by atoms with van der Waals surface area (Å²) in [7, 11) is 0. The largest absolute Gasteiger partial charge is 0.292 e. The lowest BCUT2D eigenvalue weighted by Gasteiger charge is -2.13. The molecule has 0 fully saturated rings. The minimum absolute atomic E-state index is 0.879. The van der Waals surface area contributed by atoms with Crippen LogP contribution in [0.5, 0.6) is 0 Å². The molecule has 0 unspecified atom stereocenters. The van der Waals surface area contributed by atoms with Gasteiger partial charge >= 0.3 is 0 Å². The normalized spacial score (nSPS) is 11.4. The molecule has 0 saturated carbocycles. The molecule has 2 aromatic heterocycles. The Labute approximate surface area is 272 Å². The molecule has 9 aromatic rings. The maximum absolute atomic E-state index is 5.12. The molecular weight excluding hydrogens is 573 g/mol. The van der Waals surface area contributed by atoms with Crippen molar-refractivity contribution in [3.05, 3.63) is 170 Å². The number of nitrogens with zero attached hydrogens (tertiary/aromatic N) is 4. The van der Waals surface area contributed by atoms with Gasteiger partial charge in [-0.3, -0.25) is 4.57 Å². The number of rotatable bonds is 5. The van der Waals surface area contributed by atoms with Gasteiger partial charge in [-0.1, -0.05) is 140 Å². The van der Waals surface area contributed by atoms with E-state index in [0.29, 0.717) is 0 Å². The number of para-hydroxylation sites is 4. The molecule has 4 nitrogen and oxygen atoms in total. The number of imidazole rings is 1. The maximum Gasteiger partial charge on any atom is 0.145 e. The molecule has 0 atom stereocenters. The first kappa shape index (κ1) is 27.0. The fourth-order valence-corrected chi connectivity index (χ4v) is 6.50. The van der Waals surface area contributed by atoms with E-state index >= 15 is 0 Å². The van der Waals surface area contributed by atoms with Crippen LogP contribution in [0.2, 0.25) is 0 Å². The van der Waals surface area contributed by atoms with Crippen molar-refractivity contribution in [2.24, 2.45) is 0 Å². The van der Waals surface area contributed by atoms with Gasteiger partial charge in [0.25, 0.3) is 0 Å². The number of hydrogen-bond acceptors (Lipinski definition) is 3. The first-order chi connectivity index (χ1) is 23.3. The van der Waals surface area contributed by atoms with Gasteiger partial charge in [-0.15, -0.1) is 0 Å². The SMILES string of the molecule is c1ccc(-c2nc3ccccc3nc2-c2ccc(-c3ccc(-c4nc5ccccc5n4-c4cccc5ccccc45)cc3)cc2)cc1. The Hall–Kier alpha value is -6.39. The maximum atomic E-state index is 5.12. The fourth-order valence-electron chi connectivity index (χ4n) is 6.50. The standard InChI is InChI=1S/C43H28N4/c1-2-12-32(13-3-1)41-42(45-37-17-7-6-16-36(37)44-41)33-25-21-29(22-26-33)30-23-27-34(28-24-30)43-46-38-18-8-9-19-40(38)47(43)39-20-10-14-31-11-4-5-15-35(31)39/h1-28H. The molecule has 0 radical (unpaired) electrons. The zero-order chi connectivity index (χ0) is 31.2. The quantitative estimate of drug-likeness (QED) is 0.197. The van der Waals surface area contributed by atoms with E-state index in [1.807, 2.05) is 48.5 Å². The number of aromatic nitrogens is 4. The van der Waals surface area contributed by atoms with Crippen LogP contribution in [-0.4, -0.2) is 19.5 Å². The highest BCUT2D eigenvalue weighted by Crippen LogP contribution is 2.35. The molecule has 0 saturated heterocycles. The first-order valence-corrected chi connectivity index (χ1v) is 15.8. The van der Waals surface area contributed by atoms with Gasteiger partial charge in [0.15, 0.2) is 0 Å². The predicted octanol–water partition coefficient (Wildman–Crippen LogP) is 10.8. The van der Waals surface area contributed by atoms with Crippen molar-refractivity contribution < 1.29 is 0 Å². The van der Waals surface area contributed by atoms with E-state index in [-0.39, 0.29) is 0 Å². The van der Waals surface area contributed by atoms with Gasteiger partial charge in [0.1, 0.15) is 5.82 Å². The second kappa shape index (κ2) is 11.2. The Morgan fingerprint density at radius 3 is 1.55 bits per heavy atom. The van der Waals surface area contributed by atoms with E-state index in [9.17, 15) is 0 Å². The lowest BCUT2D eigenvalue weighted by Crippen LogP contribution is -1.98. The smallest absolute Gasteiger partial charge is 0.145 e. The van der Waals surface area contributed by atoms with E-state index in [0.717, 1.165) is 72.8 Å². The summed E-state index contributed by atoms with van der Waals surface area (Å²) in [6.45, 7) is 0. The third-order valence-corrected chi connectivity index (χ3v) is 8.82. The lowest BCUT2D eigenvalue weighted by atomic mass is 9.99. The van der Waals surface area contributed by atoms with Crippen LogP contribution in [0, 0.1) is 0 Å². The first-order valence-electron chi connectivity index (χ1n) is 15.8. The Morgan fingerprint density at radius 1 is 0.340 bits per heavy atom. The summed E-state index contributed by atoms with van der Waals surface area (Å²) in [5, 5.41) is 2.40. The average molecular weight is 601 g/mol. The van der Waals surface area contributed by atoms with Crippen molar-refractivity contribution >= 4 is 32.8 Å². The minimum atomic E-state index is 0.879. The van der Waals surface area contributed by atoms with Gasteiger partial charge in [-0.2, -0.15) is 0 Å². The summed E-state index contributed by atoms with van der Waals surface area (Å²) in [6.07, 6.45) is 0. The predicted molar refractivity (Wildman–Crippen MR) is 193 cm³/mol. The molecule has 0 aliphatic heterocycles. The second-order valence-electron chi connectivity index (χ2n) is 11.7. The molecule has 7 aromatic carbocycles. The van der Waals surface area contributed by atoms with Gasteiger partial charge in [0.05, 0.1) is 39.1 Å². The van der Waals surface area contributed by atoms with Crippen LogP contribution in [0.4, 0.5) is 0 Å². The molecular formula is C43H28N4. The lowest BCUT2D eigenvalue weighted by molar-refractivity contribution is 1.11. The third kappa shape index (κ3) is 4.75. The van der Waals surface area contributed by atoms with E-state index in [2.05, 4.69) is 126 Å². The molecule has 0 spiro atoms.